The van der Waals surface area contributed by atoms with Gasteiger partial charge in [-0.05, 0) is 25.1 Å². The van der Waals surface area contributed by atoms with Crippen LogP contribution in [0.1, 0.15) is 18.9 Å². The number of hydrogen-bond donors (Lipinski definition) is 2. The van der Waals surface area contributed by atoms with Gasteiger partial charge in [0, 0.05) is 13.1 Å². The van der Waals surface area contributed by atoms with Crippen LogP contribution in [-0.4, -0.2) is 35.1 Å². The van der Waals surface area contributed by atoms with Crippen LogP contribution < -0.4 is 5.32 Å². The molecule has 7 heteroatoms. The van der Waals surface area contributed by atoms with Crippen LogP contribution in [0.15, 0.2) is 18.2 Å². The van der Waals surface area contributed by atoms with Crippen LogP contribution in [0.25, 0.3) is 0 Å². The van der Waals surface area contributed by atoms with Gasteiger partial charge in [0.15, 0.2) is 0 Å². The molecule has 0 aliphatic heterocycles. The Kier molecular flexibility index (Phi) is 5.81. The molecule has 0 spiro atoms. The Labute approximate surface area is 121 Å². The summed E-state index contributed by atoms with van der Waals surface area (Å²) in [5.74, 6) is -0.972. The fourth-order valence-electron chi connectivity index (χ4n) is 1.52. The van der Waals surface area contributed by atoms with Crippen LogP contribution in [0.5, 0.6) is 0 Å². The Morgan fingerprint density at radius 2 is 2.20 bits per heavy atom. The van der Waals surface area contributed by atoms with Gasteiger partial charge < -0.3 is 15.3 Å². The second-order valence-electron chi connectivity index (χ2n) is 3.96. The van der Waals surface area contributed by atoms with Gasteiger partial charge in [-0.3, -0.25) is 4.79 Å². The molecule has 6 nitrogen and oxygen atoms in total. The maximum absolute atomic E-state index is 12.0. The zero-order chi connectivity index (χ0) is 15.1. The molecule has 0 saturated heterocycles. The maximum Gasteiger partial charge on any atom is 0.321 e. The summed E-state index contributed by atoms with van der Waals surface area (Å²) in [4.78, 5) is 23.9. The number of aliphatic carboxylic acids is 1. The van der Waals surface area contributed by atoms with Gasteiger partial charge in [0.2, 0.25) is 0 Å². The molecule has 0 aliphatic carbocycles. The summed E-state index contributed by atoms with van der Waals surface area (Å²) in [6.45, 7) is 2.22. The Bertz CT molecular complexity index is 554. The number of nitrogens with zero attached hydrogens (tertiary/aromatic N) is 2. The molecule has 1 aromatic rings. The molecular formula is C13H14ClN3O3. The Hall–Kier alpha value is -2.26. The molecule has 0 radical (unpaired) electrons. The van der Waals surface area contributed by atoms with Crippen molar-refractivity contribution < 1.29 is 14.7 Å². The molecule has 0 bridgehead atoms. The Balaban J connectivity index is 2.78. The molecule has 0 unspecified atom stereocenters. The third-order valence-electron chi connectivity index (χ3n) is 2.60. The highest BCUT2D eigenvalue weighted by molar-refractivity contribution is 6.33. The van der Waals surface area contributed by atoms with E-state index in [4.69, 9.17) is 22.0 Å². The highest BCUT2D eigenvalue weighted by Crippen LogP contribution is 2.23. The van der Waals surface area contributed by atoms with Gasteiger partial charge in [-0.15, -0.1) is 0 Å². The fraction of sp³-hybridized carbons (Fsp3) is 0.308. The van der Waals surface area contributed by atoms with Gasteiger partial charge in [0.1, 0.15) is 0 Å². The minimum atomic E-state index is -0.972. The van der Waals surface area contributed by atoms with Crippen molar-refractivity contribution in [1.82, 2.24) is 4.90 Å². The first-order valence-electron chi connectivity index (χ1n) is 5.95. The van der Waals surface area contributed by atoms with E-state index in [0.717, 1.165) is 0 Å². The van der Waals surface area contributed by atoms with E-state index in [1.54, 1.807) is 13.0 Å². The van der Waals surface area contributed by atoms with Gasteiger partial charge in [-0.25, -0.2) is 4.79 Å². The molecule has 106 valence electrons. The second-order valence-corrected chi connectivity index (χ2v) is 4.37. The zero-order valence-electron chi connectivity index (χ0n) is 10.9. The monoisotopic (exact) mass is 295 g/mol. The van der Waals surface area contributed by atoms with E-state index in [1.807, 2.05) is 6.07 Å². The molecular weight excluding hydrogens is 282 g/mol. The number of carbonyl (C=O) groups excluding carboxylic acids is 1. The first-order valence-corrected chi connectivity index (χ1v) is 6.33. The Morgan fingerprint density at radius 3 is 2.75 bits per heavy atom. The molecule has 20 heavy (non-hydrogen) atoms. The summed E-state index contributed by atoms with van der Waals surface area (Å²) >= 11 is 5.94. The molecule has 1 rings (SSSR count). The van der Waals surface area contributed by atoms with E-state index in [-0.39, 0.29) is 13.0 Å². The number of rotatable bonds is 5. The van der Waals surface area contributed by atoms with Gasteiger partial charge >= 0.3 is 12.0 Å². The molecule has 2 amide bonds. The van der Waals surface area contributed by atoms with Crippen molar-refractivity contribution in [2.45, 2.75) is 13.3 Å². The predicted molar refractivity (Wildman–Crippen MR) is 74.7 cm³/mol. The highest BCUT2D eigenvalue weighted by atomic mass is 35.5. The molecule has 0 fully saturated rings. The standard InChI is InChI=1S/C13H14ClN3O3/c1-2-17(6-5-12(18)19)13(20)16-11-7-9(8-15)3-4-10(11)14/h3-4,7H,2,5-6H2,1H3,(H,16,20)(H,18,19). The number of benzene rings is 1. The van der Waals surface area contributed by atoms with Crippen molar-refractivity contribution >= 4 is 29.3 Å². The summed E-state index contributed by atoms with van der Waals surface area (Å²) in [6, 6.07) is 6.02. The quantitative estimate of drug-likeness (QED) is 0.873. The molecule has 0 aliphatic rings. The number of nitrogens with one attached hydrogen (secondary N) is 1. The van der Waals surface area contributed by atoms with Crippen LogP contribution in [0.4, 0.5) is 10.5 Å². The summed E-state index contributed by atoms with van der Waals surface area (Å²) in [6.07, 6.45) is -0.132. The lowest BCUT2D eigenvalue weighted by atomic mass is 10.2. The number of carboxylic acid groups (broad SMARTS) is 1. The van der Waals surface area contributed by atoms with Crippen LogP contribution in [0.2, 0.25) is 5.02 Å². The molecule has 0 atom stereocenters. The third-order valence-corrected chi connectivity index (χ3v) is 2.93. The number of amides is 2. The number of halogens is 1. The molecule has 0 aromatic heterocycles. The summed E-state index contributed by atoms with van der Waals surface area (Å²) < 4.78 is 0. The van der Waals surface area contributed by atoms with E-state index < -0.39 is 12.0 Å². The van der Waals surface area contributed by atoms with Crippen molar-refractivity contribution in [3.63, 3.8) is 0 Å². The minimum Gasteiger partial charge on any atom is -0.481 e. The van der Waals surface area contributed by atoms with Gasteiger partial charge in [0.05, 0.1) is 28.8 Å². The van der Waals surface area contributed by atoms with Crippen LogP contribution in [-0.2, 0) is 4.79 Å². The van der Waals surface area contributed by atoms with Gasteiger partial charge in [-0.1, -0.05) is 11.6 Å². The van der Waals surface area contributed by atoms with Crippen molar-refractivity contribution in [2.75, 3.05) is 18.4 Å². The number of carbonyl (C=O) groups is 2. The minimum absolute atomic E-state index is 0.104. The average molecular weight is 296 g/mol. The fourth-order valence-corrected chi connectivity index (χ4v) is 1.68. The second kappa shape index (κ2) is 7.36. The van der Waals surface area contributed by atoms with E-state index in [9.17, 15) is 9.59 Å². The normalized spacial score (nSPS) is 9.65. The molecule has 0 heterocycles. The smallest absolute Gasteiger partial charge is 0.321 e. The van der Waals surface area contributed by atoms with Gasteiger partial charge in [-0.2, -0.15) is 5.26 Å². The third kappa shape index (κ3) is 4.44. The summed E-state index contributed by atoms with van der Waals surface area (Å²) in [7, 11) is 0. The number of nitriles is 1. The number of hydrogen-bond acceptors (Lipinski definition) is 3. The molecule has 1 aromatic carbocycles. The summed E-state index contributed by atoms with van der Waals surface area (Å²) in [5, 5.41) is 20.3. The Morgan fingerprint density at radius 1 is 1.50 bits per heavy atom. The lowest BCUT2D eigenvalue weighted by molar-refractivity contribution is -0.137. The van der Waals surface area contributed by atoms with E-state index in [2.05, 4.69) is 5.32 Å². The summed E-state index contributed by atoms with van der Waals surface area (Å²) in [5.41, 5.74) is 0.697. The SMILES string of the molecule is CCN(CCC(=O)O)C(=O)Nc1cc(C#N)ccc1Cl. The largest absolute Gasteiger partial charge is 0.481 e. The lowest BCUT2D eigenvalue weighted by Gasteiger charge is -2.21. The van der Waals surface area contributed by atoms with Crippen LogP contribution in [0.3, 0.4) is 0 Å². The van der Waals surface area contributed by atoms with Crippen LogP contribution >= 0.6 is 11.6 Å². The van der Waals surface area contributed by atoms with Crippen molar-refractivity contribution in [3.8, 4) is 6.07 Å². The first kappa shape index (κ1) is 15.8. The van der Waals surface area contributed by atoms with Crippen molar-refractivity contribution in [1.29, 1.82) is 5.26 Å². The first-order chi connectivity index (χ1) is 9.47. The average Bonchev–Trinajstić information content (AvgIpc) is 2.41. The van der Waals surface area contributed by atoms with E-state index in [1.165, 1.54) is 17.0 Å². The van der Waals surface area contributed by atoms with Gasteiger partial charge in [0.25, 0.3) is 0 Å². The van der Waals surface area contributed by atoms with Crippen LogP contribution in [0, 0.1) is 11.3 Å². The van der Waals surface area contributed by atoms with Crippen molar-refractivity contribution in [2.24, 2.45) is 0 Å². The van der Waals surface area contributed by atoms with E-state index in [0.29, 0.717) is 22.8 Å². The predicted octanol–water partition coefficient (Wildman–Crippen LogP) is 2.54. The number of carboxylic acids is 1. The lowest BCUT2D eigenvalue weighted by Crippen LogP contribution is -2.36. The highest BCUT2D eigenvalue weighted by Gasteiger charge is 2.14. The number of anilines is 1. The molecule has 0 saturated carbocycles. The topological polar surface area (TPSA) is 93.4 Å². The zero-order valence-corrected chi connectivity index (χ0v) is 11.6. The molecule has 2 N–H and O–H groups in total. The maximum atomic E-state index is 12.0. The van der Waals surface area contributed by atoms with Crippen molar-refractivity contribution in [3.05, 3.63) is 28.8 Å². The number of urea groups is 1. The van der Waals surface area contributed by atoms with E-state index >= 15 is 0 Å².